The highest BCUT2D eigenvalue weighted by atomic mass is 35.5. The van der Waals surface area contributed by atoms with Gasteiger partial charge < -0.3 is 4.74 Å². The molecule has 0 atom stereocenters. The molecule has 0 aromatic heterocycles. The van der Waals surface area contributed by atoms with Crippen LogP contribution in [0, 0.1) is 6.57 Å². The molecule has 12 heavy (non-hydrogen) atoms. The molecule has 0 radical (unpaired) electrons. The quantitative estimate of drug-likeness (QED) is 0.517. The molecule has 0 unspecified atom stereocenters. The Morgan fingerprint density at radius 1 is 1.33 bits per heavy atom. The summed E-state index contributed by atoms with van der Waals surface area (Å²) in [4.78, 5) is 3.08. The van der Waals surface area contributed by atoms with E-state index in [0.29, 0.717) is 11.6 Å². The van der Waals surface area contributed by atoms with E-state index in [0.717, 1.165) is 5.56 Å². The van der Waals surface area contributed by atoms with Gasteiger partial charge in [0.15, 0.2) is 0 Å². The number of rotatable bonds is 3. The lowest BCUT2D eigenvalue weighted by Crippen LogP contribution is -1.90. The van der Waals surface area contributed by atoms with E-state index in [4.69, 9.17) is 22.9 Å². The number of hydrogen-bond donors (Lipinski definition) is 0. The van der Waals surface area contributed by atoms with Crippen LogP contribution in [0.1, 0.15) is 5.56 Å². The lowest BCUT2D eigenvalue weighted by atomic mass is 10.2. The van der Waals surface area contributed by atoms with Crippen LogP contribution in [0.2, 0.25) is 0 Å². The van der Waals surface area contributed by atoms with Gasteiger partial charge >= 0.3 is 6.73 Å². The van der Waals surface area contributed by atoms with Gasteiger partial charge in [0.2, 0.25) is 0 Å². The van der Waals surface area contributed by atoms with Gasteiger partial charge in [-0.1, -0.05) is 12.1 Å². The Hall–Kier alpha value is -1.20. The van der Waals surface area contributed by atoms with Gasteiger partial charge in [0.1, 0.15) is 5.75 Å². The predicted octanol–water partition coefficient (Wildman–Crippen LogP) is 2.68. The summed E-state index contributed by atoms with van der Waals surface area (Å²) in [5.74, 6) is 1.21. The topological polar surface area (TPSA) is 13.6 Å². The van der Waals surface area contributed by atoms with Gasteiger partial charge in [0, 0.05) is 5.88 Å². The molecule has 1 aromatic carbocycles. The van der Waals surface area contributed by atoms with Crippen molar-refractivity contribution in [3.63, 3.8) is 0 Å². The zero-order chi connectivity index (χ0) is 8.81. The van der Waals surface area contributed by atoms with Gasteiger partial charge in [-0.15, -0.1) is 11.6 Å². The van der Waals surface area contributed by atoms with Crippen LogP contribution in [0.25, 0.3) is 4.85 Å². The molecule has 1 aromatic rings. The predicted molar refractivity (Wildman–Crippen MR) is 48.1 cm³/mol. The summed E-state index contributed by atoms with van der Waals surface area (Å²) in [5, 5.41) is 0. The van der Waals surface area contributed by atoms with Crippen molar-refractivity contribution in [2.75, 3.05) is 6.73 Å². The first-order valence-corrected chi connectivity index (χ1v) is 4.01. The summed E-state index contributed by atoms with van der Waals surface area (Å²) in [7, 11) is 0. The Balaban J connectivity index is 2.60. The largest absolute Gasteiger partial charge is 0.426 e. The molecule has 0 saturated heterocycles. The average molecular weight is 182 g/mol. The zero-order valence-electron chi connectivity index (χ0n) is 6.46. The summed E-state index contributed by atoms with van der Waals surface area (Å²) in [6, 6.07) is 7.38. The highest BCUT2D eigenvalue weighted by Crippen LogP contribution is 2.13. The van der Waals surface area contributed by atoms with E-state index >= 15 is 0 Å². The van der Waals surface area contributed by atoms with Crippen LogP contribution in [-0.2, 0) is 5.88 Å². The van der Waals surface area contributed by atoms with Gasteiger partial charge in [0.25, 0.3) is 0 Å². The number of halogens is 1. The molecule has 0 amide bonds. The van der Waals surface area contributed by atoms with Crippen LogP contribution in [0.4, 0.5) is 0 Å². The second kappa shape index (κ2) is 4.63. The van der Waals surface area contributed by atoms with Crippen LogP contribution in [-0.4, -0.2) is 6.73 Å². The molecule has 0 spiro atoms. The van der Waals surface area contributed by atoms with Crippen molar-refractivity contribution in [1.29, 1.82) is 0 Å². The molecule has 0 aliphatic heterocycles. The number of alkyl halides is 1. The molecule has 62 valence electrons. The van der Waals surface area contributed by atoms with Crippen LogP contribution in [0.3, 0.4) is 0 Å². The molecule has 1 rings (SSSR count). The molecular formula is C9H8ClNO. The van der Waals surface area contributed by atoms with Crippen molar-refractivity contribution in [3.05, 3.63) is 41.2 Å². The fourth-order valence-electron chi connectivity index (χ4n) is 0.782. The van der Waals surface area contributed by atoms with Crippen LogP contribution in [0.15, 0.2) is 24.3 Å². The van der Waals surface area contributed by atoms with Crippen molar-refractivity contribution in [3.8, 4) is 5.75 Å². The van der Waals surface area contributed by atoms with Crippen molar-refractivity contribution in [2.24, 2.45) is 0 Å². The minimum Gasteiger partial charge on any atom is -0.426 e. The number of benzene rings is 1. The first kappa shape index (κ1) is 8.89. The second-order valence-electron chi connectivity index (χ2n) is 2.21. The maximum absolute atomic E-state index is 6.51. The van der Waals surface area contributed by atoms with Crippen molar-refractivity contribution in [1.82, 2.24) is 0 Å². The summed E-state index contributed by atoms with van der Waals surface area (Å²) in [5.41, 5.74) is 1.05. The second-order valence-corrected chi connectivity index (χ2v) is 2.48. The van der Waals surface area contributed by atoms with E-state index < -0.39 is 0 Å². The number of hydrogen-bond acceptors (Lipinski definition) is 1. The molecule has 2 nitrogen and oxygen atoms in total. The maximum Gasteiger partial charge on any atom is 0.357 e. The average Bonchev–Trinajstić information content (AvgIpc) is 2.15. The van der Waals surface area contributed by atoms with E-state index in [2.05, 4.69) is 4.85 Å². The third kappa shape index (κ3) is 2.44. The molecule has 0 N–H and O–H groups in total. The molecule has 0 fully saturated rings. The van der Waals surface area contributed by atoms with Crippen molar-refractivity contribution in [2.45, 2.75) is 5.88 Å². The molecule has 0 aliphatic carbocycles. The number of ether oxygens (including phenoxy) is 1. The third-order valence-electron chi connectivity index (χ3n) is 1.37. The van der Waals surface area contributed by atoms with Crippen LogP contribution < -0.4 is 4.74 Å². The highest BCUT2D eigenvalue weighted by Gasteiger charge is 1.93. The minimum atomic E-state index is 0.0697. The summed E-state index contributed by atoms with van der Waals surface area (Å²) in [6.45, 7) is 6.58. The van der Waals surface area contributed by atoms with Crippen molar-refractivity contribution >= 4 is 11.6 Å². The number of nitrogens with zero attached hydrogens (tertiary/aromatic N) is 1. The van der Waals surface area contributed by atoms with Crippen LogP contribution in [0.5, 0.6) is 5.75 Å². The first-order valence-electron chi connectivity index (χ1n) is 3.47. The summed E-state index contributed by atoms with van der Waals surface area (Å²) in [6.07, 6.45) is 0. The lowest BCUT2D eigenvalue weighted by molar-refractivity contribution is 0.361. The van der Waals surface area contributed by atoms with Crippen molar-refractivity contribution < 1.29 is 4.74 Å². The Kier molecular flexibility index (Phi) is 3.43. The van der Waals surface area contributed by atoms with Gasteiger partial charge in [0.05, 0.1) is 0 Å². The molecule has 0 bridgehead atoms. The van der Waals surface area contributed by atoms with Gasteiger partial charge in [-0.2, -0.15) is 0 Å². The highest BCUT2D eigenvalue weighted by molar-refractivity contribution is 6.17. The van der Waals surface area contributed by atoms with Gasteiger partial charge in [-0.05, 0) is 17.7 Å². The Morgan fingerprint density at radius 3 is 2.50 bits per heavy atom. The lowest BCUT2D eigenvalue weighted by Gasteiger charge is -1.99. The Bertz CT molecular complexity index is 276. The summed E-state index contributed by atoms with van der Waals surface area (Å²) >= 11 is 5.59. The van der Waals surface area contributed by atoms with E-state index in [1.807, 2.05) is 24.3 Å². The maximum atomic E-state index is 6.51. The monoisotopic (exact) mass is 181 g/mol. The van der Waals surface area contributed by atoms with Crippen LogP contribution >= 0.6 is 11.6 Å². The zero-order valence-corrected chi connectivity index (χ0v) is 7.21. The Labute approximate surface area is 76.5 Å². The van der Waals surface area contributed by atoms with E-state index in [9.17, 15) is 0 Å². The smallest absolute Gasteiger partial charge is 0.357 e. The Morgan fingerprint density at radius 2 is 2.00 bits per heavy atom. The summed E-state index contributed by atoms with van der Waals surface area (Å²) < 4.78 is 5.06. The van der Waals surface area contributed by atoms with Gasteiger partial charge in [-0.25, -0.2) is 6.57 Å². The fourth-order valence-corrected chi connectivity index (χ4v) is 0.960. The molecule has 3 heteroatoms. The van der Waals surface area contributed by atoms with E-state index in [1.54, 1.807) is 0 Å². The molecule has 0 saturated carbocycles. The van der Waals surface area contributed by atoms with E-state index in [-0.39, 0.29) is 6.73 Å². The third-order valence-corrected chi connectivity index (χ3v) is 1.68. The normalized spacial score (nSPS) is 9.00. The first-order chi connectivity index (χ1) is 5.86. The molecule has 0 heterocycles. The minimum absolute atomic E-state index is 0.0697. The van der Waals surface area contributed by atoms with Gasteiger partial charge in [-0.3, -0.25) is 4.85 Å². The SMILES string of the molecule is [C-]#[N+]COc1ccc(CCl)cc1. The molecule has 0 aliphatic rings. The standard InChI is InChI=1S/C9H8ClNO/c1-11-7-12-9-4-2-8(6-10)3-5-9/h2-5H,6-7H2. The fraction of sp³-hybridized carbons (Fsp3) is 0.222. The van der Waals surface area contributed by atoms with E-state index in [1.165, 1.54) is 0 Å². The molecular weight excluding hydrogens is 174 g/mol.